The molecule has 5 heteroatoms. The van der Waals surface area contributed by atoms with Crippen LogP contribution in [0.2, 0.25) is 0 Å². The van der Waals surface area contributed by atoms with Crippen LogP contribution in [0.25, 0.3) is 22.4 Å². The van der Waals surface area contributed by atoms with Gasteiger partial charge in [0.1, 0.15) is 5.82 Å². The number of nitrogens with one attached hydrogen (secondary N) is 1. The lowest BCUT2D eigenvalue weighted by atomic mass is 9.98. The molecule has 0 bridgehead atoms. The maximum atomic E-state index is 13.2. The summed E-state index contributed by atoms with van der Waals surface area (Å²) in [7, 11) is 2.12. The summed E-state index contributed by atoms with van der Waals surface area (Å²) < 4.78 is 0. The average molecular weight is 362 g/mol. The van der Waals surface area contributed by atoms with Gasteiger partial charge in [-0.2, -0.15) is 0 Å². The molecular formula is C22H26N4O. The Kier molecular flexibility index (Phi) is 4.70. The number of hydrogen-bond donors (Lipinski definition) is 1. The number of nitrogens with zero attached hydrogens (tertiary/aromatic N) is 3. The molecule has 0 spiro atoms. The topological polar surface area (TPSA) is 52.2 Å². The number of likely N-dealkylation sites (N-methyl/N-ethyl adjacent to an activating group) is 1. The third-order valence-corrected chi connectivity index (χ3v) is 5.43. The van der Waals surface area contributed by atoms with Gasteiger partial charge in [0.05, 0.1) is 11.0 Å². The Morgan fingerprint density at radius 2 is 1.93 bits per heavy atom. The maximum absolute atomic E-state index is 13.2. The lowest BCUT2D eigenvalue weighted by Gasteiger charge is -2.42. The second-order valence-corrected chi connectivity index (χ2v) is 7.76. The molecule has 1 fully saturated rings. The SMILES string of the molecule is CC(C)C1CN(C)CCN1C(=O)c1ccc2nc(-c3ccccc3)[nH]c2c1. The van der Waals surface area contributed by atoms with Gasteiger partial charge in [-0.15, -0.1) is 0 Å². The van der Waals surface area contributed by atoms with Gasteiger partial charge < -0.3 is 14.8 Å². The van der Waals surface area contributed by atoms with Crippen LogP contribution >= 0.6 is 0 Å². The number of piperazine rings is 1. The molecule has 2 heterocycles. The maximum Gasteiger partial charge on any atom is 0.254 e. The first kappa shape index (κ1) is 17.7. The van der Waals surface area contributed by atoms with E-state index in [-0.39, 0.29) is 11.9 Å². The summed E-state index contributed by atoms with van der Waals surface area (Å²) in [4.78, 5) is 25.6. The number of H-pyrrole nitrogens is 1. The predicted octanol–water partition coefficient (Wildman–Crippen LogP) is 3.64. The fourth-order valence-corrected chi connectivity index (χ4v) is 3.82. The normalized spacial score (nSPS) is 18.4. The summed E-state index contributed by atoms with van der Waals surface area (Å²) in [6, 6.07) is 16.1. The second-order valence-electron chi connectivity index (χ2n) is 7.76. The zero-order valence-corrected chi connectivity index (χ0v) is 16.1. The highest BCUT2D eigenvalue weighted by Crippen LogP contribution is 2.24. The highest BCUT2D eigenvalue weighted by Gasteiger charge is 2.31. The zero-order chi connectivity index (χ0) is 19.0. The lowest BCUT2D eigenvalue weighted by Crippen LogP contribution is -2.56. The van der Waals surface area contributed by atoms with Crippen molar-refractivity contribution >= 4 is 16.9 Å². The first-order valence-corrected chi connectivity index (χ1v) is 9.57. The van der Waals surface area contributed by atoms with E-state index >= 15 is 0 Å². The number of aromatic nitrogens is 2. The predicted molar refractivity (Wildman–Crippen MR) is 109 cm³/mol. The number of carbonyl (C=O) groups excluding carboxylic acids is 1. The van der Waals surface area contributed by atoms with E-state index < -0.39 is 0 Å². The summed E-state index contributed by atoms with van der Waals surface area (Å²) in [5.41, 5.74) is 3.54. The third kappa shape index (κ3) is 3.47. The molecule has 3 aromatic rings. The summed E-state index contributed by atoms with van der Waals surface area (Å²) >= 11 is 0. The summed E-state index contributed by atoms with van der Waals surface area (Å²) in [5, 5.41) is 0. The number of hydrogen-bond acceptors (Lipinski definition) is 3. The van der Waals surface area contributed by atoms with Crippen molar-refractivity contribution in [2.45, 2.75) is 19.9 Å². The van der Waals surface area contributed by atoms with E-state index in [0.717, 1.165) is 47.6 Å². The van der Waals surface area contributed by atoms with Gasteiger partial charge in [-0.05, 0) is 31.2 Å². The Bertz CT molecular complexity index is 947. The summed E-state index contributed by atoms with van der Waals surface area (Å²) in [6.07, 6.45) is 0. The van der Waals surface area contributed by atoms with E-state index in [0.29, 0.717) is 5.92 Å². The molecule has 1 unspecified atom stereocenters. The molecular weight excluding hydrogens is 336 g/mol. The van der Waals surface area contributed by atoms with Gasteiger partial charge >= 0.3 is 0 Å². The quantitative estimate of drug-likeness (QED) is 0.774. The van der Waals surface area contributed by atoms with Crippen LogP contribution in [0, 0.1) is 5.92 Å². The van der Waals surface area contributed by atoms with E-state index in [9.17, 15) is 4.79 Å². The van der Waals surface area contributed by atoms with Gasteiger partial charge in [-0.25, -0.2) is 4.98 Å². The van der Waals surface area contributed by atoms with Crippen molar-refractivity contribution < 1.29 is 4.79 Å². The van der Waals surface area contributed by atoms with Crippen LogP contribution in [0.15, 0.2) is 48.5 Å². The first-order valence-electron chi connectivity index (χ1n) is 9.57. The smallest absolute Gasteiger partial charge is 0.254 e. The van der Waals surface area contributed by atoms with Crippen molar-refractivity contribution in [2.75, 3.05) is 26.7 Å². The molecule has 0 saturated carbocycles. The molecule has 5 nitrogen and oxygen atoms in total. The summed E-state index contributed by atoms with van der Waals surface area (Å²) in [5.74, 6) is 1.37. The van der Waals surface area contributed by atoms with Gasteiger partial charge in [-0.1, -0.05) is 44.2 Å². The number of carbonyl (C=O) groups is 1. The van der Waals surface area contributed by atoms with Crippen molar-refractivity contribution in [2.24, 2.45) is 5.92 Å². The number of amides is 1. The van der Waals surface area contributed by atoms with Crippen molar-refractivity contribution in [1.29, 1.82) is 0 Å². The van der Waals surface area contributed by atoms with Crippen molar-refractivity contribution in [3.8, 4) is 11.4 Å². The van der Waals surface area contributed by atoms with Crippen LogP contribution in [-0.2, 0) is 0 Å². The monoisotopic (exact) mass is 362 g/mol. The molecule has 0 aliphatic carbocycles. The molecule has 0 radical (unpaired) electrons. The van der Waals surface area contributed by atoms with Gasteiger partial charge in [0.25, 0.3) is 5.91 Å². The Morgan fingerprint density at radius 3 is 2.67 bits per heavy atom. The number of fused-ring (bicyclic) bond motifs is 1. The average Bonchev–Trinajstić information content (AvgIpc) is 3.11. The minimum atomic E-state index is 0.111. The van der Waals surface area contributed by atoms with Crippen LogP contribution in [0.3, 0.4) is 0 Å². The third-order valence-electron chi connectivity index (χ3n) is 5.43. The minimum absolute atomic E-state index is 0.111. The Hall–Kier alpha value is -2.66. The van der Waals surface area contributed by atoms with Crippen molar-refractivity contribution in [3.63, 3.8) is 0 Å². The number of rotatable bonds is 3. The van der Waals surface area contributed by atoms with Crippen LogP contribution in [0.5, 0.6) is 0 Å². The van der Waals surface area contributed by atoms with Crippen molar-refractivity contribution in [3.05, 3.63) is 54.1 Å². The van der Waals surface area contributed by atoms with Gasteiger partial charge in [-0.3, -0.25) is 4.79 Å². The number of imidazole rings is 1. The Labute approximate surface area is 160 Å². The molecule has 27 heavy (non-hydrogen) atoms. The van der Waals surface area contributed by atoms with Crippen molar-refractivity contribution in [1.82, 2.24) is 19.8 Å². The molecule has 1 aliphatic heterocycles. The lowest BCUT2D eigenvalue weighted by molar-refractivity contribution is 0.0403. The van der Waals surface area contributed by atoms with E-state index in [1.165, 1.54) is 0 Å². The number of aromatic amines is 1. The highest BCUT2D eigenvalue weighted by molar-refractivity contribution is 5.98. The van der Waals surface area contributed by atoms with Crippen LogP contribution in [0.4, 0.5) is 0 Å². The Morgan fingerprint density at radius 1 is 1.15 bits per heavy atom. The molecule has 1 amide bonds. The van der Waals surface area contributed by atoms with E-state index in [1.807, 2.05) is 53.4 Å². The van der Waals surface area contributed by atoms with Crippen LogP contribution in [0.1, 0.15) is 24.2 Å². The fraction of sp³-hybridized carbons (Fsp3) is 0.364. The molecule has 1 N–H and O–H groups in total. The van der Waals surface area contributed by atoms with Crippen LogP contribution < -0.4 is 0 Å². The number of benzene rings is 2. The molecule has 140 valence electrons. The molecule has 1 aromatic heterocycles. The van der Waals surface area contributed by atoms with Crippen LogP contribution in [-0.4, -0.2) is 58.4 Å². The molecule has 1 aliphatic rings. The zero-order valence-electron chi connectivity index (χ0n) is 16.1. The van der Waals surface area contributed by atoms with E-state index in [4.69, 9.17) is 0 Å². The van der Waals surface area contributed by atoms with E-state index in [2.05, 4.69) is 35.8 Å². The Balaban J connectivity index is 1.64. The first-order chi connectivity index (χ1) is 13.0. The minimum Gasteiger partial charge on any atom is -0.338 e. The largest absolute Gasteiger partial charge is 0.338 e. The van der Waals surface area contributed by atoms with E-state index in [1.54, 1.807) is 0 Å². The van der Waals surface area contributed by atoms with Gasteiger partial charge in [0.15, 0.2) is 0 Å². The molecule has 2 aromatic carbocycles. The second kappa shape index (κ2) is 7.16. The summed E-state index contributed by atoms with van der Waals surface area (Å²) in [6.45, 7) is 6.99. The van der Waals surface area contributed by atoms with Gasteiger partial charge in [0, 0.05) is 36.8 Å². The van der Waals surface area contributed by atoms with Gasteiger partial charge in [0.2, 0.25) is 0 Å². The standard InChI is InChI=1S/C22H26N4O/c1-15(2)20-14-25(3)11-12-26(20)22(27)17-9-10-18-19(13-17)24-21(23-18)16-7-5-4-6-8-16/h4-10,13,15,20H,11-12,14H2,1-3H3,(H,23,24). The highest BCUT2D eigenvalue weighted by atomic mass is 16.2. The molecule has 1 atom stereocenters. The molecule has 1 saturated heterocycles. The fourth-order valence-electron chi connectivity index (χ4n) is 3.82. The molecule has 4 rings (SSSR count).